The van der Waals surface area contributed by atoms with E-state index in [-0.39, 0.29) is 13.2 Å². The van der Waals surface area contributed by atoms with Crippen molar-refractivity contribution in [2.24, 2.45) is 5.73 Å². The zero-order chi connectivity index (χ0) is 31.1. The van der Waals surface area contributed by atoms with Crippen molar-refractivity contribution in [1.29, 1.82) is 0 Å². The van der Waals surface area contributed by atoms with Crippen LogP contribution in [-0.2, 0) is 24.6 Å². The van der Waals surface area contributed by atoms with Crippen LogP contribution in [0.4, 0.5) is 0 Å². The lowest BCUT2D eigenvalue weighted by molar-refractivity contribution is -0.140. The first-order valence-electron chi connectivity index (χ1n) is 14.1. The van der Waals surface area contributed by atoms with Gasteiger partial charge in [-0.15, -0.1) is 0 Å². The van der Waals surface area contributed by atoms with Gasteiger partial charge < -0.3 is 34.9 Å². The van der Waals surface area contributed by atoms with Crippen molar-refractivity contribution in [3.05, 3.63) is 107 Å². The number of nitrogens with one attached hydrogen (secondary N) is 1. The monoisotopic (exact) mass is 598 g/mol. The Morgan fingerprint density at radius 1 is 0.909 bits per heavy atom. The van der Waals surface area contributed by atoms with Crippen molar-refractivity contribution in [1.82, 2.24) is 5.32 Å². The SMILES string of the molecule is Cc1c(COc2ccc(CN[C@H](CO)C(=O)O)c(OCc3cccc(C(N)=O)c3)c2)cccc1-c1ccc2c(c1)OCCO2. The molecule has 0 saturated heterocycles. The molecule has 5 rings (SSSR count). The minimum Gasteiger partial charge on any atom is -0.489 e. The highest BCUT2D eigenvalue weighted by molar-refractivity contribution is 5.92. The molecule has 0 spiro atoms. The molecule has 10 nitrogen and oxygen atoms in total. The Morgan fingerprint density at radius 2 is 1.70 bits per heavy atom. The zero-order valence-corrected chi connectivity index (χ0v) is 24.2. The van der Waals surface area contributed by atoms with Crippen molar-refractivity contribution in [2.45, 2.75) is 32.7 Å². The van der Waals surface area contributed by atoms with E-state index in [1.165, 1.54) is 0 Å². The first-order chi connectivity index (χ1) is 21.3. The number of amides is 1. The van der Waals surface area contributed by atoms with E-state index in [1.54, 1.807) is 36.4 Å². The lowest BCUT2D eigenvalue weighted by atomic mass is 9.96. The average Bonchev–Trinajstić information content (AvgIpc) is 3.04. The first-order valence-corrected chi connectivity index (χ1v) is 14.1. The van der Waals surface area contributed by atoms with Gasteiger partial charge in [0, 0.05) is 23.7 Å². The summed E-state index contributed by atoms with van der Waals surface area (Å²) < 4.78 is 23.7. The third-order valence-corrected chi connectivity index (χ3v) is 7.36. The van der Waals surface area contributed by atoms with Gasteiger partial charge in [0.25, 0.3) is 0 Å². The van der Waals surface area contributed by atoms with E-state index < -0.39 is 24.5 Å². The molecule has 4 aromatic rings. The molecule has 44 heavy (non-hydrogen) atoms. The van der Waals surface area contributed by atoms with Crippen LogP contribution in [0.15, 0.2) is 78.9 Å². The van der Waals surface area contributed by atoms with E-state index in [2.05, 4.69) is 11.4 Å². The Labute approximate surface area is 255 Å². The molecule has 0 radical (unpaired) electrons. The summed E-state index contributed by atoms with van der Waals surface area (Å²) in [4.78, 5) is 23.0. The second-order valence-electron chi connectivity index (χ2n) is 10.3. The number of rotatable bonds is 13. The molecule has 4 aromatic carbocycles. The van der Waals surface area contributed by atoms with Gasteiger partial charge in [0.15, 0.2) is 11.5 Å². The highest BCUT2D eigenvalue weighted by Gasteiger charge is 2.18. The Kier molecular flexibility index (Phi) is 9.63. The van der Waals surface area contributed by atoms with Crippen LogP contribution < -0.4 is 30.0 Å². The Morgan fingerprint density at radius 3 is 2.48 bits per heavy atom. The van der Waals surface area contributed by atoms with E-state index in [1.807, 2.05) is 43.3 Å². The molecule has 1 aliphatic heterocycles. The number of aliphatic hydroxyl groups excluding tert-OH is 1. The maximum atomic E-state index is 11.6. The fourth-order valence-corrected chi connectivity index (χ4v) is 4.87. The number of primary amides is 1. The van der Waals surface area contributed by atoms with Crippen LogP contribution in [0.1, 0.15) is 32.6 Å². The summed E-state index contributed by atoms with van der Waals surface area (Å²) in [6.45, 7) is 3.11. The minimum atomic E-state index is -1.16. The van der Waals surface area contributed by atoms with E-state index >= 15 is 0 Å². The smallest absolute Gasteiger partial charge is 0.323 e. The van der Waals surface area contributed by atoms with Gasteiger partial charge in [-0.1, -0.05) is 42.5 Å². The number of carboxylic acids is 1. The molecule has 1 atom stereocenters. The van der Waals surface area contributed by atoms with Crippen LogP contribution in [0, 0.1) is 6.92 Å². The standard InChI is InChI=1S/C34H34N2O8/c1-21-26(6-3-7-28(21)23-9-11-30-32(15-23)42-13-12-41-30)20-43-27-10-8-25(17-36-29(18-37)34(39)40)31(16-27)44-19-22-4-2-5-24(14-22)33(35)38/h2-11,14-16,29,36-37H,12-13,17-20H2,1H3,(H2,35,38)(H,39,40)/t29-/m1/s1. The number of fused-ring (bicyclic) bond motifs is 1. The van der Waals surface area contributed by atoms with Crippen molar-refractivity contribution < 1.29 is 38.7 Å². The Hall–Kier alpha value is -5.06. The molecule has 0 unspecified atom stereocenters. The number of benzene rings is 4. The fraction of sp³-hybridized carbons (Fsp3) is 0.235. The van der Waals surface area contributed by atoms with E-state index in [4.69, 9.17) is 24.7 Å². The maximum absolute atomic E-state index is 11.6. The van der Waals surface area contributed by atoms with E-state index in [9.17, 15) is 19.8 Å². The first kappa shape index (κ1) is 30.4. The summed E-state index contributed by atoms with van der Waals surface area (Å²) >= 11 is 0. The van der Waals surface area contributed by atoms with Gasteiger partial charge in [-0.25, -0.2) is 0 Å². The lowest BCUT2D eigenvalue weighted by Gasteiger charge is -2.20. The molecule has 0 bridgehead atoms. The van der Waals surface area contributed by atoms with Gasteiger partial charge in [0.05, 0.1) is 6.61 Å². The number of aliphatic carboxylic acids is 1. The fourth-order valence-electron chi connectivity index (χ4n) is 4.87. The molecule has 1 aliphatic rings. The number of hydrogen-bond acceptors (Lipinski definition) is 8. The van der Waals surface area contributed by atoms with Crippen LogP contribution in [0.5, 0.6) is 23.0 Å². The van der Waals surface area contributed by atoms with Crippen LogP contribution in [0.3, 0.4) is 0 Å². The quantitative estimate of drug-likeness (QED) is 0.177. The summed E-state index contributed by atoms with van der Waals surface area (Å²) in [5.74, 6) is 0.784. The predicted octanol–water partition coefficient (Wildman–Crippen LogP) is 4.23. The predicted molar refractivity (Wildman–Crippen MR) is 163 cm³/mol. The van der Waals surface area contributed by atoms with Gasteiger partial charge in [-0.3, -0.25) is 14.9 Å². The number of aliphatic hydroxyl groups is 1. The summed E-state index contributed by atoms with van der Waals surface area (Å²) in [6, 6.07) is 23.0. The second-order valence-corrected chi connectivity index (χ2v) is 10.3. The third kappa shape index (κ3) is 7.28. The summed E-state index contributed by atoms with van der Waals surface area (Å²) in [5, 5.41) is 21.5. The van der Waals surface area contributed by atoms with Crippen LogP contribution in [0.2, 0.25) is 0 Å². The van der Waals surface area contributed by atoms with Crippen molar-refractivity contribution in [3.8, 4) is 34.1 Å². The number of carbonyl (C=O) groups is 2. The molecule has 0 saturated carbocycles. The van der Waals surface area contributed by atoms with E-state index in [0.29, 0.717) is 42.4 Å². The number of nitrogens with two attached hydrogens (primary N) is 1. The van der Waals surface area contributed by atoms with Crippen LogP contribution in [-0.4, -0.2) is 48.0 Å². The largest absolute Gasteiger partial charge is 0.489 e. The molecule has 0 aromatic heterocycles. The lowest BCUT2D eigenvalue weighted by Crippen LogP contribution is -2.39. The number of ether oxygens (including phenoxy) is 4. The third-order valence-electron chi connectivity index (χ3n) is 7.36. The molecule has 228 valence electrons. The van der Waals surface area contributed by atoms with Gasteiger partial charge in [-0.2, -0.15) is 0 Å². The second kappa shape index (κ2) is 13.9. The molecule has 0 fully saturated rings. The molecular formula is C34H34N2O8. The molecule has 10 heteroatoms. The normalized spacial score (nSPS) is 12.8. The molecule has 0 aliphatic carbocycles. The summed E-state index contributed by atoms with van der Waals surface area (Å²) in [6.07, 6.45) is 0. The minimum absolute atomic E-state index is 0.130. The Balaban J connectivity index is 1.34. The molecular weight excluding hydrogens is 564 g/mol. The molecule has 1 heterocycles. The highest BCUT2D eigenvalue weighted by atomic mass is 16.6. The van der Waals surface area contributed by atoms with Gasteiger partial charge in [0.1, 0.15) is 44.0 Å². The number of carbonyl (C=O) groups excluding carboxylic acids is 1. The maximum Gasteiger partial charge on any atom is 0.323 e. The average molecular weight is 599 g/mol. The zero-order valence-electron chi connectivity index (χ0n) is 24.2. The van der Waals surface area contributed by atoms with Crippen LogP contribution in [0.25, 0.3) is 11.1 Å². The van der Waals surface area contributed by atoms with Gasteiger partial charge in [0.2, 0.25) is 5.91 Å². The summed E-state index contributed by atoms with van der Waals surface area (Å²) in [7, 11) is 0. The van der Waals surface area contributed by atoms with Crippen molar-refractivity contribution >= 4 is 11.9 Å². The summed E-state index contributed by atoms with van der Waals surface area (Å²) in [5.41, 5.74) is 11.3. The topological polar surface area (TPSA) is 150 Å². The van der Waals surface area contributed by atoms with Crippen LogP contribution >= 0.6 is 0 Å². The number of carboxylic acid groups (broad SMARTS) is 1. The van der Waals surface area contributed by atoms with Crippen molar-refractivity contribution in [3.63, 3.8) is 0 Å². The highest BCUT2D eigenvalue weighted by Crippen LogP contribution is 2.36. The van der Waals surface area contributed by atoms with Gasteiger partial charge >= 0.3 is 5.97 Å². The Bertz CT molecular complexity index is 1650. The van der Waals surface area contributed by atoms with E-state index in [0.717, 1.165) is 39.3 Å². The van der Waals surface area contributed by atoms with Gasteiger partial charge in [-0.05, 0) is 65.1 Å². The van der Waals surface area contributed by atoms with Crippen molar-refractivity contribution in [2.75, 3.05) is 19.8 Å². The number of hydrogen-bond donors (Lipinski definition) is 4. The molecule has 5 N–H and O–H groups in total. The molecule has 1 amide bonds.